The molecule has 0 spiro atoms. The Morgan fingerprint density at radius 2 is 1.83 bits per heavy atom. The molecule has 0 bridgehead atoms. The summed E-state index contributed by atoms with van der Waals surface area (Å²) in [5.74, 6) is -2.24. The fraction of sp³-hybridized carbons (Fsp3) is 0.0625. The molecule has 2 aromatic heterocycles. The highest BCUT2D eigenvalue weighted by molar-refractivity contribution is 6.21. The lowest BCUT2D eigenvalue weighted by Gasteiger charge is -2.12. The Morgan fingerprint density at radius 3 is 2.50 bits per heavy atom. The van der Waals surface area contributed by atoms with Crippen molar-refractivity contribution in [3.63, 3.8) is 0 Å². The van der Waals surface area contributed by atoms with Gasteiger partial charge in [0.05, 0.1) is 27.8 Å². The lowest BCUT2D eigenvalue weighted by Crippen LogP contribution is -2.32. The molecule has 3 aromatic rings. The number of aromatic nitrogens is 2. The first-order valence-electron chi connectivity index (χ1n) is 6.98. The van der Waals surface area contributed by atoms with Crippen LogP contribution < -0.4 is 0 Å². The monoisotopic (exact) mass is 323 g/mol. The van der Waals surface area contributed by atoms with E-state index < -0.39 is 17.8 Å². The molecule has 1 aliphatic heterocycles. The molecule has 0 N–H and O–H groups in total. The van der Waals surface area contributed by atoms with Gasteiger partial charge >= 0.3 is 5.97 Å². The summed E-state index contributed by atoms with van der Waals surface area (Å²) in [6.07, 6.45) is 1.23. The summed E-state index contributed by atoms with van der Waals surface area (Å²) in [7, 11) is 0. The van der Waals surface area contributed by atoms with Crippen molar-refractivity contribution in [1.82, 2.24) is 15.2 Å². The lowest BCUT2D eigenvalue weighted by atomic mass is 10.1. The van der Waals surface area contributed by atoms with Crippen molar-refractivity contribution in [1.29, 1.82) is 0 Å². The van der Waals surface area contributed by atoms with Crippen LogP contribution in [0.1, 0.15) is 36.8 Å². The van der Waals surface area contributed by atoms with Crippen molar-refractivity contribution >= 4 is 28.9 Å². The van der Waals surface area contributed by atoms with E-state index in [9.17, 15) is 14.4 Å². The summed E-state index contributed by atoms with van der Waals surface area (Å²) in [5.41, 5.74) is 1.31. The Morgan fingerprint density at radius 1 is 1.17 bits per heavy atom. The molecule has 2 amide bonds. The van der Waals surface area contributed by atoms with Crippen LogP contribution in [0.15, 0.2) is 41.1 Å². The van der Waals surface area contributed by atoms with Crippen molar-refractivity contribution in [2.75, 3.05) is 0 Å². The molecule has 0 unspecified atom stereocenters. The largest absolute Gasteiger partial charge is 0.365 e. The van der Waals surface area contributed by atoms with Crippen molar-refractivity contribution in [3.05, 3.63) is 58.9 Å². The van der Waals surface area contributed by atoms with Crippen molar-refractivity contribution in [2.24, 2.45) is 0 Å². The lowest BCUT2D eigenvalue weighted by molar-refractivity contribution is -0.0584. The molecule has 8 heteroatoms. The number of carbonyl (C=O) groups excluding carboxylic acids is 3. The number of pyridine rings is 1. The van der Waals surface area contributed by atoms with Crippen LogP contribution in [-0.4, -0.2) is 33.0 Å². The van der Waals surface area contributed by atoms with E-state index in [4.69, 9.17) is 9.36 Å². The van der Waals surface area contributed by atoms with Crippen molar-refractivity contribution in [3.8, 4) is 0 Å². The van der Waals surface area contributed by atoms with Crippen molar-refractivity contribution in [2.45, 2.75) is 6.92 Å². The van der Waals surface area contributed by atoms with Gasteiger partial charge in [-0.2, -0.15) is 0 Å². The number of hydrogen-bond donors (Lipinski definition) is 0. The van der Waals surface area contributed by atoms with Crippen LogP contribution in [0.3, 0.4) is 0 Å². The number of aryl methyl sites for hydroxylation is 1. The van der Waals surface area contributed by atoms with Gasteiger partial charge < -0.3 is 9.36 Å². The summed E-state index contributed by atoms with van der Waals surface area (Å²) < 4.78 is 4.96. The van der Waals surface area contributed by atoms with Gasteiger partial charge in [-0.3, -0.25) is 9.59 Å². The first-order valence-corrected chi connectivity index (χ1v) is 6.98. The summed E-state index contributed by atoms with van der Waals surface area (Å²) in [5, 5.41) is 4.75. The molecule has 0 aliphatic carbocycles. The quantitative estimate of drug-likeness (QED) is 0.663. The number of nitrogens with zero attached hydrogens (tertiary/aromatic N) is 3. The first kappa shape index (κ1) is 14.1. The topological polar surface area (TPSA) is 103 Å². The minimum absolute atomic E-state index is 0.0744. The zero-order valence-electron chi connectivity index (χ0n) is 12.3. The number of benzene rings is 1. The molecule has 1 aromatic carbocycles. The third-order valence-corrected chi connectivity index (χ3v) is 3.68. The van der Waals surface area contributed by atoms with Gasteiger partial charge in [-0.1, -0.05) is 22.4 Å². The summed E-state index contributed by atoms with van der Waals surface area (Å²) >= 11 is 0. The van der Waals surface area contributed by atoms with E-state index in [1.807, 2.05) is 0 Å². The second kappa shape index (κ2) is 4.98. The molecule has 24 heavy (non-hydrogen) atoms. The molecule has 3 heterocycles. The Kier molecular flexibility index (Phi) is 2.92. The average molecular weight is 323 g/mol. The highest BCUT2D eigenvalue weighted by Gasteiger charge is 2.38. The van der Waals surface area contributed by atoms with Crippen LogP contribution >= 0.6 is 0 Å². The molecule has 0 saturated carbocycles. The Balaban J connectivity index is 1.63. The maximum Gasteiger partial charge on any atom is 0.365 e. The van der Waals surface area contributed by atoms with Gasteiger partial charge in [0.2, 0.25) is 0 Å². The number of fused-ring (bicyclic) bond motifs is 2. The van der Waals surface area contributed by atoms with Crippen molar-refractivity contribution < 1.29 is 23.7 Å². The van der Waals surface area contributed by atoms with Gasteiger partial charge in [0.25, 0.3) is 17.5 Å². The van der Waals surface area contributed by atoms with Crippen LogP contribution in [0.4, 0.5) is 0 Å². The smallest absolute Gasteiger partial charge is 0.336 e. The molecule has 0 radical (unpaired) electrons. The van der Waals surface area contributed by atoms with Crippen LogP contribution in [0.2, 0.25) is 0 Å². The van der Waals surface area contributed by atoms with E-state index in [1.54, 1.807) is 19.1 Å². The van der Waals surface area contributed by atoms with E-state index in [0.717, 1.165) is 0 Å². The van der Waals surface area contributed by atoms with Gasteiger partial charge in [0, 0.05) is 6.20 Å². The normalized spacial score (nSPS) is 13.5. The summed E-state index contributed by atoms with van der Waals surface area (Å²) in [4.78, 5) is 45.6. The zero-order chi connectivity index (χ0) is 16.8. The predicted octanol–water partition coefficient (Wildman–Crippen LogP) is 1.90. The van der Waals surface area contributed by atoms with Gasteiger partial charge in [-0.25, -0.2) is 9.78 Å². The number of hydroxylamine groups is 2. The second-order valence-corrected chi connectivity index (χ2v) is 5.17. The number of rotatable bonds is 2. The molecule has 1 aliphatic rings. The number of carbonyl (C=O) groups is 3. The molecule has 4 rings (SSSR count). The van der Waals surface area contributed by atoms with E-state index in [1.165, 1.54) is 24.4 Å². The van der Waals surface area contributed by atoms with E-state index in [-0.39, 0.29) is 22.4 Å². The summed E-state index contributed by atoms with van der Waals surface area (Å²) in [6.45, 7) is 1.70. The van der Waals surface area contributed by atoms with E-state index in [0.29, 0.717) is 16.1 Å². The van der Waals surface area contributed by atoms with Crippen LogP contribution in [0.5, 0.6) is 0 Å². The highest BCUT2D eigenvalue weighted by Crippen LogP contribution is 2.24. The second-order valence-electron chi connectivity index (χ2n) is 5.17. The third-order valence-electron chi connectivity index (χ3n) is 3.68. The van der Waals surface area contributed by atoms with Gasteiger partial charge in [-0.05, 0) is 25.1 Å². The standard InChI is InChI=1S/C16H9N3O5/c1-8-12-6-9(7-17-13(12)23-18-8)16(22)24-19-14(20)10-4-2-3-5-11(10)15(19)21/h2-7H,1H3. The van der Waals surface area contributed by atoms with Gasteiger partial charge in [0.1, 0.15) is 0 Å². The fourth-order valence-corrected chi connectivity index (χ4v) is 2.44. The van der Waals surface area contributed by atoms with E-state index >= 15 is 0 Å². The first-order chi connectivity index (χ1) is 11.6. The maximum atomic E-state index is 12.3. The molecule has 118 valence electrons. The van der Waals surface area contributed by atoms with Gasteiger partial charge in [0.15, 0.2) is 0 Å². The number of hydrogen-bond acceptors (Lipinski definition) is 7. The van der Waals surface area contributed by atoms with Crippen LogP contribution in [-0.2, 0) is 4.84 Å². The minimum atomic E-state index is -0.875. The Hall–Kier alpha value is -3.55. The molecule has 0 fully saturated rings. The Bertz CT molecular complexity index is 988. The molecular formula is C16H9N3O5. The number of imide groups is 1. The minimum Gasteiger partial charge on any atom is -0.336 e. The number of amides is 2. The molecule has 0 saturated heterocycles. The predicted molar refractivity (Wildman–Crippen MR) is 78.9 cm³/mol. The maximum absolute atomic E-state index is 12.3. The zero-order valence-corrected chi connectivity index (χ0v) is 12.3. The van der Waals surface area contributed by atoms with E-state index in [2.05, 4.69) is 10.1 Å². The molecule has 0 atom stereocenters. The summed E-state index contributed by atoms with van der Waals surface area (Å²) in [6, 6.07) is 7.73. The molecule has 8 nitrogen and oxygen atoms in total. The fourth-order valence-electron chi connectivity index (χ4n) is 2.44. The highest BCUT2D eigenvalue weighted by atomic mass is 16.7. The van der Waals surface area contributed by atoms with Crippen LogP contribution in [0.25, 0.3) is 11.1 Å². The van der Waals surface area contributed by atoms with Crippen LogP contribution in [0, 0.1) is 6.92 Å². The Labute approximate surface area is 134 Å². The van der Waals surface area contributed by atoms with Gasteiger partial charge in [-0.15, -0.1) is 0 Å². The average Bonchev–Trinajstić information content (AvgIpc) is 3.08. The SMILES string of the molecule is Cc1noc2ncc(C(=O)ON3C(=O)c4ccccc4C3=O)cc12. The molecular weight excluding hydrogens is 314 g/mol. The third kappa shape index (κ3) is 1.97.